The van der Waals surface area contributed by atoms with Gasteiger partial charge in [0, 0.05) is 11.8 Å². The van der Waals surface area contributed by atoms with Crippen molar-refractivity contribution in [2.45, 2.75) is 11.8 Å². The van der Waals surface area contributed by atoms with E-state index in [1.54, 1.807) is 22.7 Å². The first-order chi connectivity index (χ1) is 9.45. The number of sulfone groups is 1. The average molecular weight is 288 g/mol. The van der Waals surface area contributed by atoms with Crippen LogP contribution in [0.5, 0.6) is 0 Å². The highest BCUT2D eigenvalue weighted by atomic mass is 32.2. The van der Waals surface area contributed by atoms with Crippen molar-refractivity contribution in [1.82, 2.24) is 19.8 Å². The van der Waals surface area contributed by atoms with Gasteiger partial charge in [-0.15, -0.1) is 10.2 Å². The maximum atomic E-state index is 11.7. The summed E-state index contributed by atoms with van der Waals surface area (Å²) in [6.45, 7) is 1.86. The first-order valence-corrected chi connectivity index (χ1v) is 7.82. The smallest absolute Gasteiger partial charge is 0.185 e. The standard InChI is InChI=1S/C13H12N4O2S/c1-9-6-12(13-15-14-8-17(13)16-9)10-4-3-5-11(7-10)20(2,18)19/h3-8H,1-2H3. The predicted octanol–water partition coefficient (Wildman–Crippen LogP) is 1.50. The zero-order valence-electron chi connectivity index (χ0n) is 11.0. The molecule has 3 aromatic rings. The van der Waals surface area contributed by atoms with Crippen molar-refractivity contribution in [3.05, 3.63) is 42.4 Å². The Labute approximate surface area is 116 Å². The number of hydrogen-bond donors (Lipinski definition) is 0. The third-order valence-corrected chi connectivity index (χ3v) is 4.07. The zero-order valence-corrected chi connectivity index (χ0v) is 11.8. The summed E-state index contributed by atoms with van der Waals surface area (Å²) >= 11 is 0. The lowest BCUT2D eigenvalue weighted by molar-refractivity contribution is 0.602. The number of hydrogen-bond acceptors (Lipinski definition) is 5. The van der Waals surface area contributed by atoms with Gasteiger partial charge in [-0.1, -0.05) is 12.1 Å². The molecule has 0 aliphatic carbocycles. The Hall–Kier alpha value is -2.28. The van der Waals surface area contributed by atoms with Crippen molar-refractivity contribution < 1.29 is 8.42 Å². The molecule has 102 valence electrons. The lowest BCUT2D eigenvalue weighted by Crippen LogP contribution is -1.99. The van der Waals surface area contributed by atoms with Crippen LogP contribution in [0.2, 0.25) is 0 Å². The first-order valence-electron chi connectivity index (χ1n) is 5.93. The maximum absolute atomic E-state index is 11.7. The molecular weight excluding hydrogens is 276 g/mol. The van der Waals surface area contributed by atoms with Crippen LogP contribution in [0, 0.1) is 6.92 Å². The summed E-state index contributed by atoms with van der Waals surface area (Å²) in [5.41, 5.74) is 2.98. The fraction of sp³-hybridized carbons (Fsp3) is 0.154. The number of nitrogens with zero attached hydrogens (tertiary/aromatic N) is 4. The molecule has 7 heteroatoms. The molecule has 0 amide bonds. The number of benzene rings is 1. The average Bonchev–Trinajstić information content (AvgIpc) is 2.85. The third kappa shape index (κ3) is 2.16. The van der Waals surface area contributed by atoms with Gasteiger partial charge in [0.25, 0.3) is 0 Å². The highest BCUT2D eigenvalue weighted by Gasteiger charge is 2.12. The minimum atomic E-state index is -3.24. The second-order valence-corrected chi connectivity index (χ2v) is 6.61. The fourth-order valence-corrected chi connectivity index (χ4v) is 2.73. The fourth-order valence-electron chi connectivity index (χ4n) is 2.06. The molecule has 0 aliphatic rings. The summed E-state index contributed by atoms with van der Waals surface area (Å²) in [5.74, 6) is 0. The van der Waals surface area contributed by atoms with Gasteiger partial charge in [0.15, 0.2) is 15.5 Å². The number of fused-ring (bicyclic) bond motifs is 1. The molecule has 0 spiro atoms. The molecule has 0 atom stereocenters. The Morgan fingerprint density at radius 2 is 2.00 bits per heavy atom. The van der Waals surface area contributed by atoms with Crippen molar-refractivity contribution in [2.24, 2.45) is 0 Å². The first kappa shape index (κ1) is 12.7. The molecule has 0 radical (unpaired) electrons. The van der Waals surface area contributed by atoms with E-state index in [-0.39, 0.29) is 4.90 Å². The molecule has 0 fully saturated rings. The van der Waals surface area contributed by atoms with Crippen molar-refractivity contribution in [2.75, 3.05) is 6.26 Å². The minimum Gasteiger partial charge on any atom is -0.224 e. The topological polar surface area (TPSA) is 77.2 Å². The van der Waals surface area contributed by atoms with Crippen LogP contribution in [0.4, 0.5) is 0 Å². The van der Waals surface area contributed by atoms with Gasteiger partial charge in [0.1, 0.15) is 6.33 Å². The van der Waals surface area contributed by atoms with Crippen molar-refractivity contribution >= 4 is 15.5 Å². The quantitative estimate of drug-likeness (QED) is 0.714. The van der Waals surface area contributed by atoms with E-state index in [4.69, 9.17) is 0 Å². The van der Waals surface area contributed by atoms with E-state index in [1.807, 2.05) is 19.1 Å². The molecule has 6 nitrogen and oxygen atoms in total. The van der Waals surface area contributed by atoms with E-state index in [0.29, 0.717) is 5.65 Å². The summed E-state index contributed by atoms with van der Waals surface area (Å²) < 4.78 is 24.9. The Balaban J connectivity index is 2.28. The largest absolute Gasteiger partial charge is 0.224 e. The molecule has 2 heterocycles. The summed E-state index contributed by atoms with van der Waals surface area (Å²) in [5, 5.41) is 12.1. The normalized spacial score (nSPS) is 11.9. The van der Waals surface area contributed by atoms with Crippen molar-refractivity contribution in [1.29, 1.82) is 0 Å². The van der Waals surface area contributed by atoms with Crippen molar-refractivity contribution in [3.63, 3.8) is 0 Å². The highest BCUT2D eigenvalue weighted by molar-refractivity contribution is 7.90. The number of aryl methyl sites for hydroxylation is 1. The van der Waals surface area contributed by atoms with Gasteiger partial charge < -0.3 is 0 Å². The molecule has 1 aromatic carbocycles. The van der Waals surface area contributed by atoms with Crippen LogP contribution < -0.4 is 0 Å². The minimum absolute atomic E-state index is 0.280. The lowest BCUT2D eigenvalue weighted by atomic mass is 10.1. The second kappa shape index (κ2) is 4.38. The van der Waals surface area contributed by atoms with E-state index in [1.165, 1.54) is 12.6 Å². The summed E-state index contributed by atoms with van der Waals surface area (Å²) in [4.78, 5) is 0.280. The van der Waals surface area contributed by atoms with E-state index >= 15 is 0 Å². The molecule has 2 aromatic heterocycles. The molecule has 0 saturated heterocycles. The molecule has 0 bridgehead atoms. The van der Waals surface area contributed by atoms with Gasteiger partial charge in [-0.25, -0.2) is 8.42 Å². The molecule has 3 rings (SSSR count). The molecular formula is C13H12N4O2S. The van der Waals surface area contributed by atoms with E-state index in [2.05, 4.69) is 15.3 Å². The van der Waals surface area contributed by atoms with E-state index in [9.17, 15) is 8.42 Å². The Morgan fingerprint density at radius 3 is 2.75 bits per heavy atom. The molecule has 20 heavy (non-hydrogen) atoms. The van der Waals surface area contributed by atoms with Crippen LogP contribution in [0.1, 0.15) is 5.69 Å². The Morgan fingerprint density at radius 1 is 1.20 bits per heavy atom. The number of aromatic nitrogens is 4. The SMILES string of the molecule is Cc1cc(-c2cccc(S(C)(=O)=O)c2)c2nncn2n1. The predicted molar refractivity (Wildman–Crippen MR) is 74.1 cm³/mol. The van der Waals surface area contributed by atoms with Crippen LogP contribution in [-0.4, -0.2) is 34.5 Å². The van der Waals surface area contributed by atoms with Crippen LogP contribution in [0.25, 0.3) is 16.8 Å². The van der Waals surface area contributed by atoms with Gasteiger partial charge >= 0.3 is 0 Å². The Bertz CT molecular complexity index is 900. The second-order valence-electron chi connectivity index (χ2n) is 4.60. The lowest BCUT2D eigenvalue weighted by Gasteiger charge is -2.06. The summed E-state index contributed by atoms with van der Waals surface area (Å²) in [6.07, 6.45) is 2.71. The molecule has 0 aliphatic heterocycles. The zero-order chi connectivity index (χ0) is 14.3. The Kier molecular flexibility index (Phi) is 2.79. The number of rotatable bonds is 2. The van der Waals surface area contributed by atoms with Gasteiger partial charge in [0.2, 0.25) is 0 Å². The summed E-state index contributed by atoms with van der Waals surface area (Å²) in [7, 11) is -3.24. The van der Waals surface area contributed by atoms with E-state index in [0.717, 1.165) is 16.8 Å². The van der Waals surface area contributed by atoms with Crippen molar-refractivity contribution in [3.8, 4) is 11.1 Å². The van der Waals surface area contributed by atoms with Gasteiger partial charge in [-0.3, -0.25) is 0 Å². The third-order valence-electron chi connectivity index (χ3n) is 2.96. The van der Waals surface area contributed by atoms with Crippen LogP contribution in [0.15, 0.2) is 41.6 Å². The van der Waals surface area contributed by atoms with Crippen LogP contribution in [0.3, 0.4) is 0 Å². The van der Waals surface area contributed by atoms with Gasteiger partial charge in [-0.2, -0.15) is 9.61 Å². The monoisotopic (exact) mass is 288 g/mol. The maximum Gasteiger partial charge on any atom is 0.185 e. The van der Waals surface area contributed by atoms with Gasteiger partial charge in [0.05, 0.1) is 10.6 Å². The molecule has 0 unspecified atom stereocenters. The van der Waals surface area contributed by atoms with Gasteiger partial charge in [-0.05, 0) is 30.7 Å². The van der Waals surface area contributed by atoms with E-state index < -0.39 is 9.84 Å². The highest BCUT2D eigenvalue weighted by Crippen LogP contribution is 2.25. The molecule has 0 saturated carbocycles. The van der Waals surface area contributed by atoms with Crippen LogP contribution in [-0.2, 0) is 9.84 Å². The van der Waals surface area contributed by atoms with Crippen LogP contribution >= 0.6 is 0 Å². The molecule has 0 N–H and O–H groups in total. The summed E-state index contributed by atoms with van der Waals surface area (Å²) in [6, 6.07) is 8.64.